The molecule has 0 bridgehead atoms. The lowest BCUT2D eigenvalue weighted by Gasteiger charge is -2.13. The number of nitrogens with one attached hydrogen (secondary N) is 1. The van der Waals surface area contributed by atoms with Crippen LogP contribution in [-0.4, -0.2) is 33.4 Å². The second-order valence-electron chi connectivity index (χ2n) is 5.37. The summed E-state index contributed by atoms with van der Waals surface area (Å²) in [6.45, 7) is 3.83. The van der Waals surface area contributed by atoms with Crippen molar-refractivity contribution in [3.8, 4) is 5.69 Å². The van der Waals surface area contributed by atoms with E-state index in [0.29, 0.717) is 11.4 Å². The molecule has 9 heteroatoms. The summed E-state index contributed by atoms with van der Waals surface area (Å²) in [6, 6.07) is 8.91. The van der Waals surface area contributed by atoms with Crippen LogP contribution in [0.2, 0.25) is 0 Å². The third kappa shape index (κ3) is 3.11. The average Bonchev–Trinajstić information content (AvgIpc) is 3.06. The van der Waals surface area contributed by atoms with Crippen LogP contribution in [0.25, 0.3) is 5.69 Å². The van der Waals surface area contributed by atoms with E-state index in [1.807, 2.05) is 19.9 Å². The fourth-order valence-corrected chi connectivity index (χ4v) is 3.26. The maximum absolute atomic E-state index is 12.8. The molecule has 0 saturated heterocycles. The van der Waals surface area contributed by atoms with Crippen molar-refractivity contribution in [3.63, 3.8) is 0 Å². The molecule has 2 aromatic heterocycles. The number of benzene rings is 1. The minimum Gasteiger partial charge on any atom is -0.260 e. The fraction of sp³-hybridized carbons (Fsp3) is 0.200. The van der Waals surface area contributed by atoms with Crippen LogP contribution in [0.3, 0.4) is 0 Å². The molecule has 2 heterocycles. The van der Waals surface area contributed by atoms with Crippen LogP contribution >= 0.6 is 0 Å². The summed E-state index contributed by atoms with van der Waals surface area (Å²) < 4.78 is 29.2. The molecule has 0 atom stereocenters. The first-order valence-corrected chi connectivity index (χ1v) is 8.77. The van der Waals surface area contributed by atoms with E-state index in [4.69, 9.17) is 0 Å². The molecule has 8 nitrogen and oxygen atoms in total. The van der Waals surface area contributed by atoms with Crippen molar-refractivity contribution in [1.82, 2.24) is 25.0 Å². The summed E-state index contributed by atoms with van der Waals surface area (Å²) in [4.78, 5) is 8.29. The third-order valence-corrected chi connectivity index (χ3v) is 4.59. The Labute approximate surface area is 139 Å². The molecule has 0 unspecified atom stereocenters. The predicted octanol–water partition coefficient (Wildman–Crippen LogP) is 1.98. The van der Waals surface area contributed by atoms with Crippen molar-refractivity contribution in [2.75, 3.05) is 4.72 Å². The standard InChI is InChI=1S/C15H16N6O2S/c1-11(2)14-15(17-9-8-16-14)19-24(22,23)13-10-18-20-21(13)12-6-4-3-5-7-12/h3-11H,1-2H3,(H,17,19). The first-order chi connectivity index (χ1) is 11.5. The number of aromatic nitrogens is 5. The fourth-order valence-electron chi connectivity index (χ4n) is 2.19. The molecule has 0 aliphatic carbocycles. The lowest BCUT2D eigenvalue weighted by atomic mass is 10.1. The number of rotatable bonds is 5. The van der Waals surface area contributed by atoms with Crippen molar-refractivity contribution in [2.24, 2.45) is 0 Å². The highest BCUT2D eigenvalue weighted by atomic mass is 32.2. The van der Waals surface area contributed by atoms with Gasteiger partial charge in [0.2, 0.25) is 0 Å². The first kappa shape index (κ1) is 16.1. The molecule has 0 aliphatic heterocycles. The average molecular weight is 344 g/mol. The second kappa shape index (κ2) is 6.36. The topological polar surface area (TPSA) is 103 Å². The van der Waals surface area contributed by atoms with Gasteiger partial charge in [0.15, 0.2) is 10.8 Å². The number of hydrogen-bond donors (Lipinski definition) is 1. The molecule has 24 heavy (non-hydrogen) atoms. The summed E-state index contributed by atoms with van der Waals surface area (Å²) >= 11 is 0. The monoisotopic (exact) mass is 344 g/mol. The summed E-state index contributed by atoms with van der Waals surface area (Å²) in [6.07, 6.45) is 4.17. The van der Waals surface area contributed by atoms with Crippen LogP contribution in [0.1, 0.15) is 25.5 Å². The Morgan fingerprint density at radius 3 is 2.50 bits per heavy atom. The van der Waals surface area contributed by atoms with Crippen molar-refractivity contribution in [1.29, 1.82) is 0 Å². The number of hydrogen-bond acceptors (Lipinski definition) is 6. The van der Waals surface area contributed by atoms with Gasteiger partial charge in [0.05, 0.1) is 17.6 Å². The van der Waals surface area contributed by atoms with Gasteiger partial charge in [-0.1, -0.05) is 37.3 Å². The maximum Gasteiger partial charge on any atom is 0.282 e. The highest BCUT2D eigenvalue weighted by Gasteiger charge is 2.24. The highest BCUT2D eigenvalue weighted by molar-refractivity contribution is 7.92. The van der Waals surface area contributed by atoms with Crippen LogP contribution < -0.4 is 4.72 Å². The molecule has 0 fully saturated rings. The lowest BCUT2D eigenvalue weighted by Crippen LogP contribution is -2.19. The molecule has 0 radical (unpaired) electrons. The Bertz CT molecular complexity index is 937. The van der Waals surface area contributed by atoms with Gasteiger partial charge in [0.25, 0.3) is 10.0 Å². The number of nitrogens with zero attached hydrogens (tertiary/aromatic N) is 5. The van der Waals surface area contributed by atoms with Gasteiger partial charge in [-0.3, -0.25) is 9.71 Å². The van der Waals surface area contributed by atoms with Gasteiger partial charge in [0.1, 0.15) is 0 Å². The first-order valence-electron chi connectivity index (χ1n) is 7.29. The molecular weight excluding hydrogens is 328 g/mol. The Kier molecular flexibility index (Phi) is 4.26. The zero-order valence-electron chi connectivity index (χ0n) is 13.2. The molecule has 0 amide bonds. The minimum absolute atomic E-state index is 0.0218. The van der Waals surface area contributed by atoms with Crippen molar-refractivity contribution in [3.05, 3.63) is 54.6 Å². The summed E-state index contributed by atoms with van der Waals surface area (Å²) in [5.74, 6) is 0.224. The molecule has 0 saturated carbocycles. The van der Waals surface area contributed by atoms with Gasteiger partial charge < -0.3 is 0 Å². The minimum atomic E-state index is -3.92. The zero-order chi connectivity index (χ0) is 17.2. The molecule has 3 aromatic rings. The zero-order valence-corrected chi connectivity index (χ0v) is 14.0. The van der Waals surface area contributed by atoms with Gasteiger partial charge in [-0.05, 0) is 18.1 Å². The molecule has 124 valence electrons. The van der Waals surface area contributed by atoms with E-state index in [1.165, 1.54) is 23.3 Å². The number of anilines is 1. The van der Waals surface area contributed by atoms with Gasteiger partial charge in [-0.15, -0.1) is 5.10 Å². The van der Waals surface area contributed by atoms with Gasteiger partial charge in [-0.25, -0.2) is 4.98 Å². The largest absolute Gasteiger partial charge is 0.282 e. The van der Waals surface area contributed by atoms with Crippen LogP contribution in [0, 0.1) is 0 Å². The van der Waals surface area contributed by atoms with Crippen molar-refractivity contribution < 1.29 is 8.42 Å². The molecule has 1 N–H and O–H groups in total. The molecule has 0 spiro atoms. The summed E-state index contributed by atoms with van der Waals surface area (Å²) in [7, 11) is -3.92. The Hall–Kier alpha value is -2.81. The molecule has 3 rings (SSSR count). The Morgan fingerprint density at radius 2 is 1.79 bits per heavy atom. The maximum atomic E-state index is 12.8. The number of para-hydroxylation sites is 1. The van der Waals surface area contributed by atoms with E-state index in [2.05, 4.69) is 25.0 Å². The van der Waals surface area contributed by atoms with E-state index >= 15 is 0 Å². The van der Waals surface area contributed by atoms with Crippen LogP contribution in [0.15, 0.2) is 53.9 Å². The molecular formula is C15H16N6O2S. The van der Waals surface area contributed by atoms with Gasteiger partial charge in [-0.2, -0.15) is 13.1 Å². The van der Waals surface area contributed by atoms with E-state index in [1.54, 1.807) is 24.3 Å². The quantitative estimate of drug-likeness (QED) is 0.759. The lowest BCUT2D eigenvalue weighted by molar-refractivity contribution is 0.590. The summed E-state index contributed by atoms with van der Waals surface area (Å²) in [5, 5.41) is 7.51. The van der Waals surface area contributed by atoms with Crippen LogP contribution in [-0.2, 0) is 10.0 Å². The smallest absolute Gasteiger partial charge is 0.260 e. The highest BCUT2D eigenvalue weighted by Crippen LogP contribution is 2.22. The predicted molar refractivity (Wildman–Crippen MR) is 88.3 cm³/mol. The van der Waals surface area contributed by atoms with E-state index in [0.717, 1.165) is 0 Å². The molecule has 0 aliphatic rings. The van der Waals surface area contributed by atoms with E-state index in [-0.39, 0.29) is 16.8 Å². The third-order valence-electron chi connectivity index (χ3n) is 3.30. The van der Waals surface area contributed by atoms with E-state index in [9.17, 15) is 8.42 Å². The number of sulfonamides is 1. The summed E-state index contributed by atoms with van der Waals surface area (Å²) in [5.41, 5.74) is 1.17. The van der Waals surface area contributed by atoms with Crippen molar-refractivity contribution in [2.45, 2.75) is 24.8 Å². The van der Waals surface area contributed by atoms with E-state index < -0.39 is 10.0 Å². The Morgan fingerprint density at radius 1 is 1.08 bits per heavy atom. The normalized spacial score (nSPS) is 11.6. The van der Waals surface area contributed by atoms with Crippen LogP contribution in [0.4, 0.5) is 5.82 Å². The molecule has 1 aromatic carbocycles. The van der Waals surface area contributed by atoms with Gasteiger partial charge in [0, 0.05) is 12.4 Å². The SMILES string of the molecule is CC(C)c1nccnc1NS(=O)(=O)c1cnnn1-c1ccccc1. The van der Waals surface area contributed by atoms with Crippen molar-refractivity contribution >= 4 is 15.8 Å². The van der Waals surface area contributed by atoms with Gasteiger partial charge >= 0.3 is 0 Å². The second-order valence-corrected chi connectivity index (χ2v) is 7.00. The van der Waals surface area contributed by atoms with Crippen LogP contribution in [0.5, 0.6) is 0 Å². The Balaban J connectivity index is 2.01.